The number of hydrogen-bond acceptors (Lipinski definition) is 7. The standard InChI is InChI=1S/C60H110NO8P/c1-6-8-10-12-14-16-18-20-22-24-26-27-28-29-30-31-32-33-35-36-38-40-42-44-46-48-50-52-59(62)66-56-58(57-68-70(64,65)67-55-54-61(3,4)5)69-60(63)53-51-49-47-45-43-41-39-37-34-25-23-21-19-17-15-13-11-9-7-2/h15,17-18,20-21,23-24,26,34,37,58H,6-14,16,19,22,25,27-33,35-36,38-57H2,1-5H3/p+1/b17-15-,20-18-,23-21-,26-24-,37-34-. The monoisotopic (exact) mass is 1000 g/mol. The fraction of sp³-hybridized carbons (Fsp3) is 0.800. The van der Waals surface area contributed by atoms with E-state index in [1.54, 1.807) is 0 Å². The molecule has 9 nitrogen and oxygen atoms in total. The van der Waals surface area contributed by atoms with E-state index in [4.69, 9.17) is 18.5 Å². The van der Waals surface area contributed by atoms with E-state index < -0.39 is 26.5 Å². The van der Waals surface area contributed by atoms with Gasteiger partial charge >= 0.3 is 19.8 Å². The smallest absolute Gasteiger partial charge is 0.462 e. The summed E-state index contributed by atoms with van der Waals surface area (Å²) >= 11 is 0. The van der Waals surface area contributed by atoms with Crippen molar-refractivity contribution < 1.29 is 42.1 Å². The molecule has 0 saturated carbocycles. The number of carbonyl (C=O) groups is 2. The van der Waals surface area contributed by atoms with E-state index >= 15 is 0 Å². The first-order chi connectivity index (χ1) is 34.0. The van der Waals surface area contributed by atoms with Gasteiger partial charge in [0.15, 0.2) is 6.10 Å². The summed E-state index contributed by atoms with van der Waals surface area (Å²) < 4.78 is 34.5. The Morgan fingerprint density at radius 3 is 1.17 bits per heavy atom. The summed E-state index contributed by atoms with van der Waals surface area (Å²) in [5.74, 6) is -0.807. The first-order valence-corrected chi connectivity index (χ1v) is 30.5. The fourth-order valence-electron chi connectivity index (χ4n) is 7.99. The lowest BCUT2D eigenvalue weighted by Gasteiger charge is -2.24. The minimum atomic E-state index is -4.39. The van der Waals surface area contributed by atoms with E-state index in [-0.39, 0.29) is 32.0 Å². The van der Waals surface area contributed by atoms with Crippen LogP contribution in [0.15, 0.2) is 60.8 Å². The van der Waals surface area contributed by atoms with Crippen LogP contribution in [0.1, 0.15) is 258 Å². The van der Waals surface area contributed by atoms with Crippen molar-refractivity contribution >= 4 is 19.8 Å². The third-order valence-corrected chi connectivity index (χ3v) is 13.5. The summed E-state index contributed by atoms with van der Waals surface area (Å²) in [7, 11) is 1.47. The van der Waals surface area contributed by atoms with Gasteiger partial charge in [-0.1, -0.05) is 222 Å². The van der Waals surface area contributed by atoms with Crippen LogP contribution in [-0.2, 0) is 32.7 Å². The molecule has 10 heteroatoms. The molecule has 2 atom stereocenters. The zero-order valence-electron chi connectivity index (χ0n) is 46.2. The molecular weight excluding hydrogens is 894 g/mol. The maximum absolute atomic E-state index is 12.8. The van der Waals surface area contributed by atoms with Crippen LogP contribution in [0.2, 0.25) is 0 Å². The van der Waals surface area contributed by atoms with Crippen LogP contribution in [0, 0.1) is 0 Å². The molecule has 0 heterocycles. The molecule has 70 heavy (non-hydrogen) atoms. The van der Waals surface area contributed by atoms with Gasteiger partial charge in [0.25, 0.3) is 0 Å². The highest BCUT2D eigenvalue weighted by molar-refractivity contribution is 7.47. The Balaban J connectivity index is 4.15. The first-order valence-electron chi connectivity index (χ1n) is 29.0. The number of nitrogens with zero attached hydrogens (tertiary/aromatic N) is 1. The number of likely N-dealkylation sites (N-methyl/N-ethyl adjacent to an activating group) is 1. The molecule has 0 bridgehead atoms. The Morgan fingerprint density at radius 1 is 0.443 bits per heavy atom. The van der Waals surface area contributed by atoms with Gasteiger partial charge in [-0.25, -0.2) is 4.57 Å². The molecule has 0 radical (unpaired) electrons. The molecule has 1 N–H and O–H groups in total. The number of rotatable bonds is 53. The number of quaternary nitrogens is 1. The number of phosphoric acid groups is 1. The SMILES string of the molecule is CCCCC/C=C\C/C=C\C/C=C\CCCCCCCCC(=O)OC(COC(=O)CCCCCCCCCCCCCCCCC/C=C\C/C=C\CCCCCCC)COP(=O)(O)OCC[N+](C)(C)C. The first kappa shape index (κ1) is 67.7. The number of ether oxygens (including phenoxy) is 2. The number of allylic oxidation sites excluding steroid dienone is 10. The highest BCUT2D eigenvalue weighted by atomic mass is 31.2. The number of unbranched alkanes of at least 4 members (excludes halogenated alkanes) is 29. The molecule has 0 saturated heterocycles. The van der Waals surface area contributed by atoms with E-state index in [0.717, 1.165) is 77.0 Å². The topological polar surface area (TPSA) is 108 Å². The average Bonchev–Trinajstić information content (AvgIpc) is 3.32. The van der Waals surface area contributed by atoms with E-state index in [9.17, 15) is 19.0 Å². The molecular formula is C60H111NO8P+. The van der Waals surface area contributed by atoms with Gasteiger partial charge in [-0.3, -0.25) is 18.6 Å². The molecule has 0 aliphatic rings. The Hall–Kier alpha value is -2.29. The van der Waals surface area contributed by atoms with Crippen molar-refractivity contribution in [3.8, 4) is 0 Å². The molecule has 0 spiro atoms. The molecule has 0 rings (SSSR count). The zero-order chi connectivity index (χ0) is 51.3. The van der Waals surface area contributed by atoms with Crippen LogP contribution in [0.3, 0.4) is 0 Å². The minimum absolute atomic E-state index is 0.0276. The quantitative estimate of drug-likeness (QED) is 0.0211. The van der Waals surface area contributed by atoms with Gasteiger partial charge in [-0.15, -0.1) is 0 Å². The Kier molecular flexibility index (Phi) is 49.9. The van der Waals surface area contributed by atoms with Gasteiger partial charge in [0.1, 0.15) is 19.8 Å². The predicted molar refractivity (Wildman–Crippen MR) is 298 cm³/mol. The number of phosphoric ester groups is 1. The molecule has 0 aromatic carbocycles. The van der Waals surface area contributed by atoms with Gasteiger partial charge in [-0.05, 0) is 83.5 Å². The van der Waals surface area contributed by atoms with E-state index in [0.29, 0.717) is 17.4 Å². The van der Waals surface area contributed by atoms with Crippen molar-refractivity contribution in [1.82, 2.24) is 0 Å². The van der Waals surface area contributed by atoms with Crippen molar-refractivity contribution in [3.05, 3.63) is 60.8 Å². The second kappa shape index (κ2) is 51.6. The van der Waals surface area contributed by atoms with Gasteiger partial charge in [0, 0.05) is 12.8 Å². The van der Waals surface area contributed by atoms with Gasteiger partial charge < -0.3 is 18.9 Å². The second-order valence-corrected chi connectivity index (χ2v) is 22.1. The summed E-state index contributed by atoms with van der Waals surface area (Å²) in [4.78, 5) is 35.7. The third kappa shape index (κ3) is 55.0. The fourth-order valence-corrected chi connectivity index (χ4v) is 8.74. The molecule has 408 valence electrons. The summed E-state index contributed by atoms with van der Waals surface area (Å²) in [5.41, 5.74) is 0. The largest absolute Gasteiger partial charge is 0.472 e. The average molecular weight is 1010 g/mol. The van der Waals surface area contributed by atoms with Crippen LogP contribution in [0.25, 0.3) is 0 Å². The van der Waals surface area contributed by atoms with Crippen molar-refractivity contribution in [2.45, 2.75) is 264 Å². The Labute approximate surface area is 432 Å². The summed E-state index contributed by atoms with van der Waals surface area (Å²) in [5, 5.41) is 0. The molecule has 2 unspecified atom stereocenters. The van der Waals surface area contributed by atoms with Gasteiger partial charge in [-0.2, -0.15) is 0 Å². The maximum atomic E-state index is 12.8. The lowest BCUT2D eigenvalue weighted by atomic mass is 10.0. The highest BCUT2D eigenvalue weighted by Crippen LogP contribution is 2.43. The van der Waals surface area contributed by atoms with Crippen LogP contribution in [0.5, 0.6) is 0 Å². The predicted octanol–water partition coefficient (Wildman–Crippen LogP) is 17.9. The zero-order valence-corrected chi connectivity index (χ0v) is 47.1. The van der Waals surface area contributed by atoms with Crippen LogP contribution < -0.4 is 0 Å². The van der Waals surface area contributed by atoms with Gasteiger partial charge in [0.05, 0.1) is 27.7 Å². The minimum Gasteiger partial charge on any atom is -0.462 e. The van der Waals surface area contributed by atoms with Crippen molar-refractivity contribution in [2.75, 3.05) is 47.5 Å². The van der Waals surface area contributed by atoms with Crippen LogP contribution >= 0.6 is 7.82 Å². The molecule has 0 aromatic heterocycles. The second-order valence-electron chi connectivity index (χ2n) is 20.7. The lowest BCUT2D eigenvalue weighted by Crippen LogP contribution is -2.37. The Morgan fingerprint density at radius 2 is 0.771 bits per heavy atom. The molecule has 0 aromatic rings. The summed E-state index contributed by atoms with van der Waals surface area (Å²) in [6.07, 6.45) is 65.7. The number of hydrogen-bond donors (Lipinski definition) is 1. The number of esters is 2. The molecule has 0 fully saturated rings. The molecule has 0 aliphatic heterocycles. The normalized spacial score (nSPS) is 13.7. The summed E-state index contributed by atoms with van der Waals surface area (Å²) in [6.45, 7) is 4.40. The van der Waals surface area contributed by atoms with E-state index in [1.165, 1.54) is 148 Å². The lowest BCUT2D eigenvalue weighted by molar-refractivity contribution is -0.870. The molecule has 0 aliphatic carbocycles. The van der Waals surface area contributed by atoms with Gasteiger partial charge in [0.2, 0.25) is 0 Å². The Bertz CT molecular complexity index is 1370. The maximum Gasteiger partial charge on any atom is 0.472 e. The summed E-state index contributed by atoms with van der Waals surface area (Å²) in [6, 6.07) is 0. The van der Waals surface area contributed by atoms with E-state index in [2.05, 4.69) is 74.6 Å². The molecule has 0 amide bonds. The number of carbonyl (C=O) groups excluding carboxylic acids is 2. The van der Waals surface area contributed by atoms with E-state index in [1.807, 2.05) is 21.1 Å². The third-order valence-electron chi connectivity index (χ3n) is 12.5. The van der Waals surface area contributed by atoms with Crippen molar-refractivity contribution in [1.29, 1.82) is 0 Å². The highest BCUT2D eigenvalue weighted by Gasteiger charge is 2.27. The van der Waals surface area contributed by atoms with Crippen molar-refractivity contribution in [2.24, 2.45) is 0 Å². The van der Waals surface area contributed by atoms with Crippen molar-refractivity contribution in [3.63, 3.8) is 0 Å². The van der Waals surface area contributed by atoms with Crippen LogP contribution in [0.4, 0.5) is 0 Å². The van der Waals surface area contributed by atoms with Crippen LogP contribution in [-0.4, -0.2) is 74.9 Å².